The van der Waals surface area contributed by atoms with Crippen LogP contribution in [0.15, 0.2) is 41.6 Å². The van der Waals surface area contributed by atoms with Crippen molar-refractivity contribution in [3.05, 3.63) is 58.5 Å². The van der Waals surface area contributed by atoms with Crippen molar-refractivity contribution >= 4 is 6.03 Å². The molecule has 1 saturated heterocycles. The monoisotopic (exact) mass is 341 g/mol. The van der Waals surface area contributed by atoms with Gasteiger partial charge in [0.2, 0.25) is 0 Å². The molecule has 0 aromatic carbocycles. The fourth-order valence-electron chi connectivity index (χ4n) is 3.20. The Labute approximate surface area is 146 Å². The van der Waals surface area contributed by atoms with Gasteiger partial charge in [0.25, 0.3) is 5.56 Å². The molecule has 2 aromatic heterocycles. The van der Waals surface area contributed by atoms with Crippen LogP contribution in [0.3, 0.4) is 0 Å². The van der Waals surface area contributed by atoms with Crippen LogP contribution in [0, 0.1) is 0 Å². The quantitative estimate of drug-likeness (QED) is 0.868. The van der Waals surface area contributed by atoms with E-state index in [9.17, 15) is 9.59 Å². The highest BCUT2D eigenvalue weighted by atomic mass is 16.2. The molecule has 0 unspecified atom stereocenters. The Morgan fingerprint density at radius 3 is 3.00 bits per heavy atom. The molecule has 3 heterocycles. The SMILES string of the molecule is O=C(NCc1cc(=O)[nH]cn1)N1CCCC[C@@H]1CCc1ccccn1. The molecule has 1 aliphatic rings. The Balaban J connectivity index is 1.56. The maximum absolute atomic E-state index is 12.6. The molecular formula is C18H23N5O2. The number of likely N-dealkylation sites (tertiary alicyclic amines) is 1. The van der Waals surface area contributed by atoms with Gasteiger partial charge in [-0.25, -0.2) is 9.78 Å². The number of aryl methyl sites for hydroxylation is 1. The van der Waals surface area contributed by atoms with E-state index in [2.05, 4.69) is 20.3 Å². The molecule has 7 nitrogen and oxygen atoms in total. The number of hydrogen-bond acceptors (Lipinski definition) is 4. The summed E-state index contributed by atoms with van der Waals surface area (Å²) in [6, 6.07) is 7.45. The molecule has 0 bridgehead atoms. The predicted molar refractivity (Wildman–Crippen MR) is 94.0 cm³/mol. The van der Waals surface area contributed by atoms with E-state index in [-0.39, 0.29) is 24.2 Å². The minimum Gasteiger partial charge on any atom is -0.332 e. The van der Waals surface area contributed by atoms with Gasteiger partial charge in [0.05, 0.1) is 18.6 Å². The van der Waals surface area contributed by atoms with Gasteiger partial charge < -0.3 is 15.2 Å². The molecule has 1 fully saturated rings. The van der Waals surface area contributed by atoms with Crippen LogP contribution < -0.4 is 10.9 Å². The zero-order valence-electron chi connectivity index (χ0n) is 14.1. The largest absolute Gasteiger partial charge is 0.332 e. The second-order valence-electron chi connectivity index (χ2n) is 6.26. The van der Waals surface area contributed by atoms with Crippen LogP contribution in [-0.2, 0) is 13.0 Å². The Morgan fingerprint density at radius 2 is 2.20 bits per heavy atom. The summed E-state index contributed by atoms with van der Waals surface area (Å²) < 4.78 is 0. The number of nitrogens with one attached hydrogen (secondary N) is 2. The Bertz CT molecular complexity index is 746. The van der Waals surface area contributed by atoms with Gasteiger partial charge in [-0.2, -0.15) is 0 Å². The van der Waals surface area contributed by atoms with Crippen LogP contribution in [0.4, 0.5) is 4.79 Å². The van der Waals surface area contributed by atoms with Gasteiger partial charge >= 0.3 is 6.03 Å². The van der Waals surface area contributed by atoms with Gasteiger partial charge in [0.1, 0.15) is 0 Å². The summed E-state index contributed by atoms with van der Waals surface area (Å²) in [5, 5.41) is 2.88. The first-order chi connectivity index (χ1) is 12.2. The number of urea groups is 1. The number of aromatic amines is 1. The van der Waals surface area contributed by atoms with E-state index in [4.69, 9.17) is 0 Å². The summed E-state index contributed by atoms with van der Waals surface area (Å²) in [5.74, 6) is 0. The fourth-order valence-corrected chi connectivity index (χ4v) is 3.20. The number of hydrogen-bond donors (Lipinski definition) is 2. The number of rotatable bonds is 5. The van der Waals surface area contributed by atoms with Crippen molar-refractivity contribution in [1.29, 1.82) is 0 Å². The number of nitrogens with zero attached hydrogens (tertiary/aromatic N) is 3. The highest BCUT2D eigenvalue weighted by molar-refractivity contribution is 5.74. The third-order valence-electron chi connectivity index (χ3n) is 4.50. The third-order valence-corrected chi connectivity index (χ3v) is 4.50. The van der Waals surface area contributed by atoms with E-state index in [0.29, 0.717) is 5.69 Å². The maximum atomic E-state index is 12.6. The highest BCUT2D eigenvalue weighted by Gasteiger charge is 2.26. The van der Waals surface area contributed by atoms with Gasteiger partial charge in [-0.3, -0.25) is 9.78 Å². The molecular weight excluding hydrogens is 318 g/mol. The minimum absolute atomic E-state index is 0.0900. The van der Waals surface area contributed by atoms with Gasteiger partial charge in [-0.05, 0) is 44.2 Å². The molecule has 2 aromatic rings. The summed E-state index contributed by atoms with van der Waals surface area (Å²) in [4.78, 5) is 36.6. The van der Waals surface area contributed by atoms with Gasteiger partial charge in [0.15, 0.2) is 0 Å². The summed E-state index contributed by atoms with van der Waals surface area (Å²) in [6.07, 6.45) is 8.11. The molecule has 7 heteroatoms. The second-order valence-corrected chi connectivity index (χ2v) is 6.26. The zero-order chi connectivity index (χ0) is 17.5. The van der Waals surface area contributed by atoms with Gasteiger partial charge in [0, 0.05) is 30.5 Å². The minimum atomic E-state index is -0.217. The van der Waals surface area contributed by atoms with E-state index in [1.165, 1.54) is 12.4 Å². The first kappa shape index (κ1) is 17.1. The van der Waals surface area contributed by atoms with E-state index in [1.807, 2.05) is 23.1 Å². The number of H-pyrrole nitrogens is 1. The lowest BCUT2D eigenvalue weighted by atomic mass is 9.97. The molecule has 2 N–H and O–H groups in total. The lowest BCUT2D eigenvalue weighted by molar-refractivity contribution is 0.146. The summed E-state index contributed by atoms with van der Waals surface area (Å²) >= 11 is 0. The molecule has 0 radical (unpaired) electrons. The normalized spacial score (nSPS) is 17.3. The van der Waals surface area contributed by atoms with Crippen molar-refractivity contribution < 1.29 is 4.79 Å². The van der Waals surface area contributed by atoms with Crippen molar-refractivity contribution in [3.8, 4) is 0 Å². The average Bonchev–Trinajstić information content (AvgIpc) is 2.65. The molecule has 0 spiro atoms. The average molecular weight is 341 g/mol. The molecule has 1 atom stereocenters. The Kier molecular flexibility index (Phi) is 5.77. The molecule has 1 aliphatic heterocycles. The number of piperidine rings is 1. The number of carbonyl (C=O) groups excluding carboxylic acids is 1. The number of pyridine rings is 1. The van der Waals surface area contributed by atoms with E-state index in [1.54, 1.807) is 6.20 Å². The molecule has 2 amide bonds. The van der Waals surface area contributed by atoms with Crippen molar-refractivity contribution in [3.63, 3.8) is 0 Å². The fraction of sp³-hybridized carbons (Fsp3) is 0.444. The topological polar surface area (TPSA) is 91.0 Å². The highest BCUT2D eigenvalue weighted by Crippen LogP contribution is 2.21. The van der Waals surface area contributed by atoms with Gasteiger partial charge in [-0.1, -0.05) is 6.07 Å². The van der Waals surface area contributed by atoms with E-state index in [0.717, 1.165) is 44.3 Å². The smallest absolute Gasteiger partial charge is 0.317 e. The molecule has 0 aliphatic carbocycles. The van der Waals surface area contributed by atoms with Crippen LogP contribution in [-0.4, -0.2) is 38.5 Å². The number of amides is 2. The Morgan fingerprint density at radius 1 is 1.28 bits per heavy atom. The molecule has 132 valence electrons. The van der Waals surface area contributed by atoms with Crippen LogP contribution in [0.25, 0.3) is 0 Å². The summed E-state index contributed by atoms with van der Waals surface area (Å²) in [5.41, 5.74) is 1.39. The molecule has 0 saturated carbocycles. The summed E-state index contributed by atoms with van der Waals surface area (Å²) in [6.45, 7) is 1.02. The van der Waals surface area contributed by atoms with Crippen LogP contribution in [0.1, 0.15) is 37.1 Å². The van der Waals surface area contributed by atoms with Crippen LogP contribution in [0.2, 0.25) is 0 Å². The predicted octanol–water partition coefficient (Wildman–Crippen LogP) is 1.86. The maximum Gasteiger partial charge on any atom is 0.317 e. The van der Waals surface area contributed by atoms with Crippen molar-refractivity contribution in [1.82, 2.24) is 25.2 Å². The van der Waals surface area contributed by atoms with Crippen LogP contribution in [0.5, 0.6) is 0 Å². The second kappa shape index (κ2) is 8.41. The third kappa shape index (κ3) is 4.89. The lowest BCUT2D eigenvalue weighted by Crippen LogP contribution is -2.48. The van der Waals surface area contributed by atoms with Crippen LogP contribution >= 0.6 is 0 Å². The summed E-state index contributed by atoms with van der Waals surface area (Å²) in [7, 11) is 0. The zero-order valence-corrected chi connectivity index (χ0v) is 14.1. The first-order valence-electron chi connectivity index (χ1n) is 8.70. The molecule has 25 heavy (non-hydrogen) atoms. The van der Waals surface area contributed by atoms with Crippen molar-refractivity contribution in [2.45, 2.75) is 44.7 Å². The van der Waals surface area contributed by atoms with Crippen molar-refractivity contribution in [2.24, 2.45) is 0 Å². The van der Waals surface area contributed by atoms with Gasteiger partial charge in [-0.15, -0.1) is 0 Å². The number of carbonyl (C=O) groups is 1. The molecule has 3 rings (SSSR count). The Hall–Kier alpha value is -2.70. The first-order valence-corrected chi connectivity index (χ1v) is 8.70. The van der Waals surface area contributed by atoms with E-state index >= 15 is 0 Å². The lowest BCUT2D eigenvalue weighted by Gasteiger charge is -2.35. The number of aromatic nitrogens is 3. The van der Waals surface area contributed by atoms with E-state index < -0.39 is 0 Å². The van der Waals surface area contributed by atoms with Crippen molar-refractivity contribution in [2.75, 3.05) is 6.54 Å². The standard InChI is InChI=1S/C18H23N5O2/c24-17-11-15(21-13-22-17)12-20-18(25)23-10-4-2-6-16(23)8-7-14-5-1-3-9-19-14/h1,3,5,9,11,13,16H,2,4,6-8,10,12H2,(H,20,25)(H,21,22,24)/t16-/m1/s1.